The van der Waals surface area contributed by atoms with Crippen LogP contribution in [0.3, 0.4) is 0 Å². The van der Waals surface area contributed by atoms with Gasteiger partial charge in [0, 0.05) is 45.8 Å². The first kappa shape index (κ1) is 19.5. The maximum absolute atomic E-state index is 14.0. The van der Waals surface area contributed by atoms with Crippen molar-refractivity contribution in [3.63, 3.8) is 0 Å². The zero-order valence-corrected chi connectivity index (χ0v) is 16.0. The van der Waals surface area contributed by atoms with Crippen LogP contribution in [0.4, 0.5) is 4.39 Å². The van der Waals surface area contributed by atoms with Gasteiger partial charge in [0.05, 0.1) is 6.42 Å². The summed E-state index contributed by atoms with van der Waals surface area (Å²) in [5, 5.41) is 0. The monoisotopic (exact) mass is 369 g/mol. The van der Waals surface area contributed by atoms with Crippen molar-refractivity contribution in [1.29, 1.82) is 0 Å². The first-order chi connectivity index (χ1) is 13.1. The topological polar surface area (TPSA) is 26.8 Å². The third-order valence-electron chi connectivity index (χ3n) is 5.15. The molecule has 0 N–H and O–H groups in total. The van der Waals surface area contributed by atoms with Crippen LogP contribution < -0.4 is 0 Å². The standard InChI is InChI=1S/C22H28FN3O/c1-24-11-13-25(14-12-24)15-16-26(18-19-7-3-2-4-8-19)22(27)17-20-9-5-6-10-21(20)23/h2-10H,11-18H2,1H3. The molecule has 0 unspecified atom stereocenters. The van der Waals surface area contributed by atoms with Crippen molar-refractivity contribution in [3.8, 4) is 0 Å². The van der Waals surface area contributed by atoms with E-state index in [0.29, 0.717) is 18.7 Å². The first-order valence-electron chi connectivity index (χ1n) is 9.58. The van der Waals surface area contributed by atoms with Crippen LogP contribution in [0.15, 0.2) is 54.6 Å². The summed E-state index contributed by atoms with van der Waals surface area (Å²) in [5.41, 5.74) is 1.55. The van der Waals surface area contributed by atoms with Gasteiger partial charge in [-0.05, 0) is 24.2 Å². The quantitative estimate of drug-likeness (QED) is 0.751. The van der Waals surface area contributed by atoms with E-state index in [4.69, 9.17) is 0 Å². The fraction of sp³-hybridized carbons (Fsp3) is 0.409. The van der Waals surface area contributed by atoms with E-state index >= 15 is 0 Å². The van der Waals surface area contributed by atoms with Crippen LogP contribution in [0.2, 0.25) is 0 Å². The molecule has 1 amide bonds. The molecule has 144 valence electrons. The summed E-state index contributed by atoms with van der Waals surface area (Å²) < 4.78 is 14.0. The molecule has 1 saturated heterocycles. The van der Waals surface area contributed by atoms with Crippen molar-refractivity contribution in [2.24, 2.45) is 0 Å². The summed E-state index contributed by atoms with van der Waals surface area (Å²) in [6.45, 7) is 6.23. The second kappa shape index (κ2) is 9.62. The van der Waals surface area contributed by atoms with Gasteiger partial charge >= 0.3 is 0 Å². The number of halogens is 1. The molecule has 2 aromatic carbocycles. The Hall–Kier alpha value is -2.24. The van der Waals surface area contributed by atoms with Crippen LogP contribution in [0, 0.1) is 5.82 Å². The van der Waals surface area contributed by atoms with Gasteiger partial charge in [-0.15, -0.1) is 0 Å². The van der Waals surface area contributed by atoms with Gasteiger partial charge in [-0.2, -0.15) is 0 Å². The predicted octanol–water partition coefficient (Wildman–Crippen LogP) is 2.64. The number of piperazine rings is 1. The summed E-state index contributed by atoms with van der Waals surface area (Å²) in [4.78, 5) is 19.5. The Morgan fingerprint density at radius 3 is 2.37 bits per heavy atom. The van der Waals surface area contributed by atoms with E-state index in [0.717, 1.165) is 38.3 Å². The molecular formula is C22H28FN3O. The Balaban J connectivity index is 1.65. The Morgan fingerprint density at radius 2 is 1.67 bits per heavy atom. The molecule has 1 heterocycles. The lowest BCUT2D eigenvalue weighted by Crippen LogP contribution is -2.47. The molecule has 0 aromatic heterocycles. The zero-order valence-electron chi connectivity index (χ0n) is 16.0. The molecule has 1 fully saturated rings. The molecule has 27 heavy (non-hydrogen) atoms. The molecule has 0 radical (unpaired) electrons. The van der Waals surface area contributed by atoms with Crippen molar-refractivity contribution in [3.05, 3.63) is 71.5 Å². The van der Waals surface area contributed by atoms with E-state index in [-0.39, 0.29) is 18.1 Å². The van der Waals surface area contributed by atoms with Crippen molar-refractivity contribution >= 4 is 5.91 Å². The number of benzene rings is 2. The van der Waals surface area contributed by atoms with E-state index in [2.05, 4.69) is 16.8 Å². The van der Waals surface area contributed by atoms with Gasteiger partial charge in [-0.25, -0.2) is 4.39 Å². The normalized spacial score (nSPS) is 15.6. The summed E-state index contributed by atoms with van der Waals surface area (Å²) in [7, 11) is 2.14. The molecule has 0 atom stereocenters. The smallest absolute Gasteiger partial charge is 0.227 e. The molecule has 4 nitrogen and oxygen atoms in total. The number of rotatable bonds is 7. The van der Waals surface area contributed by atoms with Gasteiger partial charge in [0.15, 0.2) is 0 Å². The average molecular weight is 369 g/mol. The number of likely N-dealkylation sites (N-methyl/N-ethyl adjacent to an activating group) is 1. The summed E-state index contributed by atoms with van der Waals surface area (Å²) in [6, 6.07) is 16.5. The number of amides is 1. The molecule has 3 rings (SSSR count). The van der Waals surface area contributed by atoms with Crippen LogP contribution >= 0.6 is 0 Å². The van der Waals surface area contributed by atoms with E-state index in [1.807, 2.05) is 35.2 Å². The van der Waals surface area contributed by atoms with E-state index in [9.17, 15) is 9.18 Å². The van der Waals surface area contributed by atoms with E-state index in [1.165, 1.54) is 6.07 Å². The summed E-state index contributed by atoms with van der Waals surface area (Å²) in [5.74, 6) is -0.345. The Morgan fingerprint density at radius 1 is 1.00 bits per heavy atom. The van der Waals surface area contributed by atoms with E-state index in [1.54, 1.807) is 18.2 Å². The lowest BCUT2D eigenvalue weighted by atomic mass is 10.1. The van der Waals surface area contributed by atoms with Gasteiger partial charge in [0.25, 0.3) is 0 Å². The second-order valence-electron chi connectivity index (χ2n) is 7.21. The fourth-order valence-corrected chi connectivity index (χ4v) is 3.35. The molecule has 5 heteroatoms. The van der Waals surface area contributed by atoms with Gasteiger partial charge in [0.1, 0.15) is 5.82 Å². The van der Waals surface area contributed by atoms with Crippen molar-refractivity contribution in [2.45, 2.75) is 13.0 Å². The van der Waals surface area contributed by atoms with Crippen LogP contribution in [0.5, 0.6) is 0 Å². The predicted molar refractivity (Wildman–Crippen MR) is 106 cm³/mol. The minimum Gasteiger partial charge on any atom is -0.337 e. The molecule has 0 saturated carbocycles. The molecule has 0 aliphatic carbocycles. The maximum Gasteiger partial charge on any atom is 0.227 e. The molecule has 0 bridgehead atoms. The molecular weight excluding hydrogens is 341 g/mol. The number of hydrogen-bond acceptors (Lipinski definition) is 3. The first-order valence-corrected chi connectivity index (χ1v) is 9.58. The van der Waals surface area contributed by atoms with Crippen LogP contribution in [-0.2, 0) is 17.8 Å². The molecule has 1 aliphatic heterocycles. The van der Waals surface area contributed by atoms with Crippen molar-refractivity contribution in [2.75, 3.05) is 46.3 Å². The Labute approximate surface area is 161 Å². The largest absolute Gasteiger partial charge is 0.337 e. The highest BCUT2D eigenvalue weighted by Crippen LogP contribution is 2.12. The number of nitrogens with zero attached hydrogens (tertiary/aromatic N) is 3. The lowest BCUT2D eigenvalue weighted by molar-refractivity contribution is -0.131. The van der Waals surface area contributed by atoms with Crippen LogP contribution in [0.1, 0.15) is 11.1 Å². The Kier molecular flexibility index (Phi) is 6.96. The Bertz CT molecular complexity index is 729. The van der Waals surface area contributed by atoms with Crippen molar-refractivity contribution < 1.29 is 9.18 Å². The highest BCUT2D eigenvalue weighted by atomic mass is 19.1. The minimum atomic E-state index is -0.315. The minimum absolute atomic E-state index is 0.0296. The van der Waals surface area contributed by atoms with Gasteiger partial charge < -0.3 is 9.80 Å². The number of carbonyl (C=O) groups is 1. The fourth-order valence-electron chi connectivity index (χ4n) is 3.35. The molecule has 2 aromatic rings. The zero-order chi connectivity index (χ0) is 19.1. The van der Waals surface area contributed by atoms with Crippen LogP contribution in [0.25, 0.3) is 0 Å². The van der Waals surface area contributed by atoms with Crippen molar-refractivity contribution in [1.82, 2.24) is 14.7 Å². The van der Waals surface area contributed by atoms with Gasteiger partial charge in [-0.3, -0.25) is 9.69 Å². The highest BCUT2D eigenvalue weighted by molar-refractivity contribution is 5.78. The summed E-state index contributed by atoms with van der Waals surface area (Å²) in [6.07, 6.45) is 0.0994. The third-order valence-corrected chi connectivity index (χ3v) is 5.15. The maximum atomic E-state index is 14.0. The lowest BCUT2D eigenvalue weighted by Gasteiger charge is -2.34. The van der Waals surface area contributed by atoms with Crippen LogP contribution in [-0.4, -0.2) is 66.9 Å². The number of carbonyl (C=O) groups excluding carboxylic acids is 1. The second-order valence-corrected chi connectivity index (χ2v) is 7.21. The van der Waals surface area contributed by atoms with E-state index < -0.39 is 0 Å². The average Bonchev–Trinajstić information content (AvgIpc) is 2.69. The SMILES string of the molecule is CN1CCN(CCN(Cc2ccccc2)C(=O)Cc2ccccc2F)CC1. The number of hydrogen-bond donors (Lipinski definition) is 0. The third kappa shape index (κ3) is 5.88. The summed E-state index contributed by atoms with van der Waals surface area (Å²) >= 11 is 0. The highest BCUT2D eigenvalue weighted by Gasteiger charge is 2.19. The van der Waals surface area contributed by atoms with Gasteiger partial charge in [-0.1, -0.05) is 48.5 Å². The van der Waals surface area contributed by atoms with Gasteiger partial charge in [0.2, 0.25) is 5.91 Å². The molecule has 0 spiro atoms. The molecule has 1 aliphatic rings.